The smallest absolute Gasteiger partial charge is 0.145 e. The molecule has 1 aliphatic rings. The van der Waals surface area contributed by atoms with Gasteiger partial charge in [0.15, 0.2) is 0 Å². The summed E-state index contributed by atoms with van der Waals surface area (Å²) < 4.78 is 0. The van der Waals surface area contributed by atoms with Crippen molar-refractivity contribution in [3.05, 3.63) is 24.3 Å². The Labute approximate surface area is 85.2 Å². The highest BCUT2D eigenvalue weighted by Gasteiger charge is 2.29. The second kappa shape index (κ2) is 4.05. The van der Waals surface area contributed by atoms with E-state index in [-0.39, 0.29) is 0 Å². The molecule has 0 radical (unpaired) electrons. The lowest BCUT2D eigenvalue weighted by molar-refractivity contribution is 0.198. The van der Waals surface area contributed by atoms with Gasteiger partial charge in [0.1, 0.15) is 5.82 Å². The fourth-order valence-electron chi connectivity index (χ4n) is 2.17. The minimum absolute atomic E-state index is 0.441. The fourth-order valence-corrected chi connectivity index (χ4v) is 2.17. The van der Waals surface area contributed by atoms with Crippen LogP contribution in [0.4, 0.5) is 0 Å². The molecule has 1 aromatic rings. The number of hydrogen-bond acceptors (Lipinski definition) is 3. The lowest BCUT2D eigenvalue weighted by atomic mass is 10.2. The minimum Gasteiger partial charge on any atom is -0.291 e. The number of aromatic nitrogens is 2. The quantitative estimate of drug-likeness (QED) is 0.716. The van der Waals surface area contributed by atoms with Gasteiger partial charge in [0, 0.05) is 18.4 Å². The third-order valence-electron chi connectivity index (χ3n) is 2.84. The SMILES string of the molecule is CC(C)N1CCC[C@H]1c1ncccn1. The van der Waals surface area contributed by atoms with Crippen molar-refractivity contribution in [2.24, 2.45) is 0 Å². The number of nitrogens with zero attached hydrogens (tertiary/aromatic N) is 3. The molecular weight excluding hydrogens is 174 g/mol. The van der Waals surface area contributed by atoms with Crippen LogP contribution in [-0.4, -0.2) is 27.5 Å². The van der Waals surface area contributed by atoms with Gasteiger partial charge in [-0.3, -0.25) is 4.90 Å². The molecule has 0 saturated carbocycles. The largest absolute Gasteiger partial charge is 0.291 e. The van der Waals surface area contributed by atoms with Crippen LogP contribution in [0.25, 0.3) is 0 Å². The van der Waals surface area contributed by atoms with Gasteiger partial charge >= 0.3 is 0 Å². The number of hydrogen-bond donors (Lipinski definition) is 0. The Morgan fingerprint density at radius 3 is 2.71 bits per heavy atom. The van der Waals surface area contributed by atoms with Crippen LogP contribution < -0.4 is 0 Å². The molecular formula is C11H17N3. The molecule has 1 atom stereocenters. The molecule has 3 nitrogen and oxygen atoms in total. The summed E-state index contributed by atoms with van der Waals surface area (Å²) in [5.41, 5.74) is 0. The van der Waals surface area contributed by atoms with Gasteiger partial charge < -0.3 is 0 Å². The van der Waals surface area contributed by atoms with Gasteiger partial charge in [0.2, 0.25) is 0 Å². The maximum absolute atomic E-state index is 4.34. The summed E-state index contributed by atoms with van der Waals surface area (Å²) in [7, 11) is 0. The van der Waals surface area contributed by atoms with Crippen LogP contribution >= 0.6 is 0 Å². The molecule has 1 fully saturated rings. The van der Waals surface area contributed by atoms with Crippen LogP contribution in [0.15, 0.2) is 18.5 Å². The van der Waals surface area contributed by atoms with Gasteiger partial charge in [-0.1, -0.05) is 0 Å². The Morgan fingerprint density at radius 2 is 2.07 bits per heavy atom. The normalized spacial score (nSPS) is 23.2. The highest BCUT2D eigenvalue weighted by atomic mass is 15.2. The summed E-state index contributed by atoms with van der Waals surface area (Å²) in [6.45, 7) is 5.66. The number of rotatable bonds is 2. The molecule has 0 aliphatic carbocycles. The highest BCUT2D eigenvalue weighted by Crippen LogP contribution is 2.30. The van der Waals surface area contributed by atoms with E-state index in [1.54, 1.807) is 0 Å². The third kappa shape index (κ3) is 1.77. The van der Waals surface area contributed by atoms with E-state index in [9.17, 15) is 0 Å². The van der Waals surface area contributed by atoms with Crippen LogP contribution in [0.5, 0.6) is 0 Å². The molecule has 2 heterocycles. The molecule has 0 spiro atoms. The van der Waals surface area contributed by atoms with Gasteiger partial charge in [0.25, 0.3) is 0 Å². The van der Waals surface area contributed by atoms with Gasteiger partial charge in [-0.25, -0.2) is 9.97 Å². The molecule has 1 aliphatic heterocycles. The Balaban J connectivity index is 2.18. The topological polar surface area (TPSA) is 29.0 Å². The summed E-state index contributed by atoms with van der Waals surface area (Å²) in [4.78, 5) is 11.2. The van der Waals surface area contributed by atoms with Crippen molar-refractivity contribution in [2.75, 3.05) is 6.54 Å². The molecule has 2 rings (SSSR count). The maximum atomic E-state index is 4.34. The Hall–Kier alpha value is -0.960. The first-order valence-corrected chi connectivity index (χ1v) is 5.31. The van der Waals surface area contributed by atoms with Crippen LogP contribution in [0, 0.1) is 0 Å². The minimum atomic E-state index is 0.441. The Bertz CT molecular complexity index is 284. The van der Waals surface area contributed by atoms with E-state index in [4.69, 9.17) is 0 Å². The summed E-state index contributed by atoms with van der Waals surface area (Å²) in [6, 6.07) is 2.90. The number of likely N-dealkylation sites (tertiary alicyclic amines) is 1. The zero-order valence-corrected chi connectivity index (χ0v) is 8.85. The lowest BCUT2D eigenvalue weighted by Crippen LogP contribution is -2.31. The Kier molecular flexibility index (Phi) is 2.77. The summed E-state index contributed by atoms with van der Waals surface area (Å²) in [6.07, 6.45) is 6.13. The summed E-state index contributed by atoms with van der Waals surface area (Å²) in [5, 5.41) is 0. The third-order valence-corrected chi connectivity index (χ3v) is 2.84. The zero-order valence-electron chi connectivity index (χ0n) is 8.85. The van der Waals surface area contributed by atoms with E-state index in [1.165, 1.54) is 19.4 Å². The standard InChI is InChI=1S/C11H17N3/c1-9(2)14-8-3-5-10(14)11-12-6-4-7-13-11/h4,6-7,9-10H,3,5,8H2,1-2H3/t10-/m0/s1. The van der Waals surface area contributed by atoms with E-state index in [2.05, 4.69) is 28.7 Å². The van der Waals surface area contributed by atoms with Gasteiger partial charge in [-0.2, -0.15) is 0 Å². The molecule has 0 N–H and O–H groups in total. The second-order valence-corrected chi connectivity index (χ2v) is 4.10. The lowest BCUT2D eigenvalue weighted by Gasteiger charge is -2.26. The summed E-state index contributed by atoms with van der Waals surface area (Å²) >= 11 is 0. The van der Waals surface area contributed by atoms with Gasteiger partial charge in [0.05, 0.1) is 6.04 Å². The molecule has 76 valence electrons. The van der Waals surface area contributed by atoms with Crippen molar-refractivity contribution in [3.8, 4) is 0 Å². The molecule has 0 unspecified atom stereocenters. The van der Waals surface area contributed by atoms with Gasteiger partial charge in [-0.05, 0) is 39.3 Å². The van der Waals surface area contributed by atoms with Crippen LogP contribution in [-0.2, 0) is 0 Å². The van der Waals surface area contributed by atoms with E-state index in [0.717, 1.165) is 5.82 Å². The van der Waals surface area contributed by atoms with Crippen molar-refractivity contribution < 1.29 is 0 Å². The first-order valence-electron chi connectivity index (χ1n) is 5.31. The molecule has 1 aromatic heterocycles. The fraction of sp³-hybridized carbons (Fsp3) is 0.636. The van der Waals surface area contributed by atoms with Crippen molar-refractivity contribution >= 4 is 0 Å². The van der Waals surface area contributed by atoms with Crippen LogP contribution in [0.2, 0.25) is 0 Å². The molecule has 0 bridgehead atoms. The zero-order chi connectivity index (χ0) is 9.97. The first-order chi connectivity index (χ1) is 6.79. The van der Waals surface area contributed by atoms with E-state index < -0.39 is 0 Å². The van der Waals surface area contributed by atoms with E-state index >= 15 is 0 Å². The first kappa shape index (κ1) is 9.59. The van der Waals surface area contributed by atoms with Crippen molar-refractivity contribution in [1.82, 2.24) is 14.9 Å². The van der Waals surface area contributed by atoms with Crippen molar-refractivity contribution in [1.29, 1.82) is 0 Å². The molecule has 14 heavy (non-hydrogen) atoms. The van der Waals surface area contributed by atoms with E-state index in [0.29, 0.717) is 12.1 Å². The second-order valence-electron chi connectivity index (χ2n) is 4.10. The monoisotopic (exact) mass is 191 g/mol. The predicted octanol–water partition coefficient (Wildman–Crippen LogP) is 2.02. The van der Waals surface area contributed by atoms with E-state index in [1.807, 2.05) is 18.5 Å². The molecule has 0 amide bonds. The predicted molar refractivity (Wildman–Crippen MR) is 55.8 cm³/mol. The molecule has 0 aromatic carbocycles. The van der Waals surface area contributed by atoms with Crippen molar-refractivity contribution in [2.45, 2.75) is 38.8 Å². The Morgan fingerprint density at radius 1 is 1.36 bits per heavy atom. The van der Waals surface area contributed by atoms with Crippen LogP contribution in [0.3, 0.4) is 0 Å². The van der Waals surface area contributed by atoms with Crippen molar-refractivity contribution in [3.63, 3.8) is 0 Å². The maximum Gasteiger partial charge on any atom is 0.145 e. The summed E-state index contributed by atoms with van der Waals surface area (Å²) in [5.74, 6) is 0.985. The van der Waals surface area contributed by atoms with Crippen LogP contribution in [0.1, 0.15) is 38.6 Å². The molecule has 3 heteroatoms. The average Bonchev–Trinajstić information content (AvgIpc) is 2.67. The highest BCUT2D eigenvalue weighted by molar-refractivity contribution is 4.99. The van der Waals surface area contributed by atoms with Gasteiger partial charge in [-0.15, -0.1) is 0 Å². The average molecular weight is 191 g/mol. The molecule has 1 saturated heterocycles.